The summed E-state index contributed by atoms with van der Waals surface area (Å²) in [6.45, 7) is 5.58. The highest BCUT2D eigenvalue weighted by molar-refractivity contribution is 7.99. The molecule has 0 aromatic heterocycles. The third-order valence-corrected chi connectivity index (χ3v) is 4.10. The number of nitrogens with two attached hydrogens (primary N) is 1. The topological polar surface area (TPSA) is 29.3 Å². The van der Waals surface area contributed by atoms with E-state index in [-0.39, 0.29) is 0 Å². The molecule has 1 heterocycles. The van der Waals surface area contributed by atoms with Crippen molar-refractivity contribution in [3.63, 3.8) is 0 Å². The van der Waals surface area contributed by atoms with Gasteiger partial charge in [-0.05, 0) is 31.5 Å². The monoisotopic (exact) mass is 222 g/mol. The first kappa shape index (κ1) is 10.7. The van der Waals surface area contributed by atoms with Gasteiger partial charge in [0.05, 0.1) is 0 Å². The van der Waals surface area contributed by atoms with Crippen molar-refractivity contribution in [2.45, 2.75) is 19.9 Å². The van der Waals surface area contributed by atoms with Crippen LogP contribution in [0, 0.1) is 6.92 Å². The number of hydrogen-bond acceptors (Lipinski definition) is 3. The van der Waals surface area contributed by atoms with E-state index in [0.717, 1.165) is 12.2 Å². The molecule has 2 nitrogen and oxygen atoms in total. The fourth-order valence-corrected chi connectivity index (χ4v) is 3.03. The standard InChI is InChI=1S/C12H18N2S/c1-9-3-4-11(13)7-12(9)14-5-6-15-8-10(14)2/h3-4,7,10H,5-6,8,13H2,1-2H3. The lowest BCUT2D eigenvalue weighted by molar-refractivity contribution is 0.698. The zero-order valence-corrected chi connectivity index (χ0v) is 10.2. The van der Waals surface area contributed by atoms with E-state index in [9.17, 15) is 0 Å². The number of rotatable bonds is 1. The van der Waals surface area contributed by atoms with Crippen molar-refractivity contribution in [1.82, 2.24) is 0 Å². The van der Waals surface area contributed by atoms with E-state index in [2.05, 4.69) is 30.9 Å². The first-order valence-corrected chi connectivity index (χ1v) is 6.54. The van der Waals surface area contributed by atoms with Crippen LogP contribution in [-0.4, -0.2) is 24.1 Å². The molecule has 15 heavy (non-hydrogen) atoms. The molecule has 2 N–H and O–H groups in total. The third kappa shape index (κ3) is 2.23. The summed E-state index contributed by atoms with van der Waals surface area (Å²) in [7, 11) is 0. The predicted octanol–water partition coefficient (Wildman–Crippen LogP) is 2.52. The number of aryl methyl sites for hydroxylation is 1. The van der Waals surface area contributed by atoms with Crippen LogP contribution in [0.3, 0.4) is 0 Å². The molecule has 1 unspecified atom stereocenters. The minimum absolute atomic E-state index is 0.615. The Bertz CT molecular complexity index is 351. The van der Waals surface area contributed by atoms with E-state index in [1.54, 1.807) is 0 Å². The maximum atomic E-state index is 5.85. The van der Waals surface area contributed by atoms with Crippen LogP contribution in [0.1, 0.15) is 12.5 Å². The van der Waals surface area contributed by atoms with Gasteiger partial charge in [0.25, 0.3) is 0 Å². The molecule has 1 aromatic rings. The number of nitrogens with zero attached hydrogens (tertiary/aromatic N) is 1. The number of nitrogen functional groups attached to an aromatic ring is 1. The summed E-state index contributed by atoms with van der Waals surface area (Å²) in [5.41, 5.74) is 9.34. The lowest BCUT2D eigenvalue weighted by Crippen LogP contribution is -2.40. The number of thioether (sulfide) groups is 1. The molecule has 0 spiro atoms. The Balaban J connectivity index is 2.30. The Morgan fingerprint density at radius 2 is 2.27 bits per heavy atom. The summed E-state index contributed by atoms with van der Waals surface area (Å²) in [4.78, 5) is 2.47. The summed E-state index contributed by atoms with van der Waals surface area (Å²) in [6.07, 6.45) is 0. The van der Waals surface area contributed by atoms with Gasteiger partial charge in [-0.25, -0.2) is 0 Å². The maximum Gasteiger partial charge on any atom is 0.0419 e. The van der Waals surface area contributed by atoms with Gasteiger partial charge in [-0.15, -0.1) is 0 Å². The SMILES string of the molecule is Cc1ccc(N)cc1N1CCSCC1C. The molecule has 0 saturated carbocycles. The van der Waals surface area contributed by atoms with Gasteiger partial charge in [0, 0.05) is 35.5 Å². The van der Waals surface area contributed by atoms with Crippen molar-refractivity contribution in [3.05, 3.63) is 23.8 Å². The molecule has 1 aromatic carbocycles. The maximum absolute atomic E-state index is 5.85. The highest BCUT2D eigenvalue weighted by Gasteiger charge is 2.20. The molecule has 0 bridgehead atoms. The predicted molar refractivity (Wildman–Crippen MR) is 69.7 cm³/mol. The molecule has 1 saturated heterocycles. The average molecular weight is 222 g/mol. The molecular weight excluding hydrogens is 204 g/mol. The first-order chi connectivity index (χ1) is 7.18. The third-order valence-electron chi connectivity index (χ3n) is 2.91. The van der Waals surface area contributed by atoms with Crippen LogP contribution < -0.4 is 10.6 Å². The molecule has 0 radical (unpaired) electrons. The van der Waals surface area contributed by atoms with E-state index in [1.807, 2.05) is 17.8 Å². The minimum atomic E-state index is 0.615. The Hall–Kier alpha value is -0.830. The molecule has 1 aliphatic rings. The Kier molecular flexibility index (Phi) is 3.10. The van der Waals surface area contributed by atoms with Crippen LogP contribution in [0.15, 0.2) is 18.2 Å². The minimum Gasteiger partial charge on any atom is -0.399 e. The highest BCUT2D eigenvalue weighted by Crippen LogP contribution is 2.28. The first-order valence-electron chi connectivity index (χ1n) is 5.39. The Morgan fingerprint density at radius 1 is 1.47 bits per heavy atom. The van der Waals surface area contributed by atoms with Crippen LogP contribution >= 0.6 is 11.8 Å². The van der Waals surface area contributed by atoms with E-state index in [4.69, 9.17) is 5.73 Å². The van der Waals surface area contributed by atoms with Crippen molar-refractivity contribution < 1.29 is 0 Å². The van der Waals surface area contributed by atoms with Crippen LogP contribution in [-0.2, 0) is 0 Å². The second-order valence-electron chi connectivity index (χ2n) is 4.16. The van der Waals surface area contributed by atoms with Crippen molar-refractivity contribution >= 4 is 23.1 Å². The van der Waals surface area contributed by atoms with E-state index in [0.29, 0.717) is 6.04 Å². The summed E-state index contributed by atoms with van der Waals surface area (Å²) >= 11 is 2.04. The van der Waals surface area contributed by atoms with Gasteiger partial charge >= 0.3 is 0 Å². The molecule has 0 amide bonds. The Labute approximate surface area is 95.8 Å². The average Bonchev–Trinajstić information content (AvgIpc) is 2.23. The van der Waals surface area contributed by atoms with Crippen molar-refractivity contribution in [3.8, 4) is 0 Å². The Morgan fingerprint density at radius 3 is 3.00 bits per heavy atom. The molecule has 2 rings (SSSR count). The number of hydrogen-bond donors (Lipinski definition) is 1. The van der Waals surface area contributed by atoms with Gasteiger partial charge in [0.15, 0.2) is 0 Å². The second kappa shape index (κ2) is 4.35. The van der Waals surface area contributed by atoms with Gasteiger partial charge in [-0.3, -0.25) is 0 Å². The summed E-state index contributed by atoms with van der Waals surface area (Å²) in [5.74, 6) is 2.44. The van der Waals surface area contributed by atoms with Crippen LogP contribution in [0.2, 0.25) is 0 Å². The normalized spacial score (nSPS) is 21.7. The van der Waals surface area contributed by atoms with E-state index >= 15 is 0 Å². The van der Waals surface area contributed by atoms with Crippen LogP contribution in [0.25, 0.3) is 0 Å². The van der Waals surface area contributed by atoms with Gasteiger partial charge in [-0.2, -0.15) is 11.8 Å². The molecule has 3 heteroatoms. The lowest BCUT2D eigenvalue weighted by atomic mass is 10.1. The van der Waals surface area contributed by atoms with Crippen molar-refractivity contribution in [2.75, 3.05) is 28.7 Å². The fraction of sp³-hybridized carbons (Fsp3) is 0.500. The zero-order valence-electron chi connectivity index (χ0n) is 9.36. The molecule has 1 aliphatic heterocycles. The smallest absolute Gasteiger partial charge is 0.0419 e. The van der Waals surface area contributed by atoms with Crippen molar-refractivity contribution in [2.24, 2.45) is 0 Å². The largest absolute Gasteiger partial charge is 0.399 e. The highest BCUT2D eigenvalue weighted by atomic mass is 32.2. The molecule has 82 valence electrons. The van der Waals surface area contributed by atoms with Gasteiger partial charge in [0.1, 0.15) is 0 Å². The van der Waals surface area contributed by atoms with Gasteiger partial charge in [0.2, 0.25) is 0 Å². The lowest BCUT2D eigenvalue weighted by Gasteiger charge is -2.36. The van der Waals surface area contributed by atoms with E-state index in [1.165, 1.54) is 22.8 Å². The summed E-state index contributed by atoms with van der Waals surface area (Å²) in [5, 5.41) is 0. The second-order valence-corrected chi connectivity index (χ2v) is 5.31. The van der Waals surface area contributed by atoms with Crippen molar-refractivity contribution in [1.29, 1.82) is 0 Å². The summed E-state index contributed by atoms with van der Waals surface area (Å²) < 4.78 is 0. The van der Waals surface area contributed by atoms with Crippen LogP contribution in [0.5, 0.6) is 0 Å². The molecule has 1 fully saturated rings. The number of anilines is 2. The fourth-order valence-electron chi connectivity index (χ4n) is 2.02. The van der Waals surface area contributed by atoms with E-state index < -0.39 is 0 Å². The number of benzene rings is 1. The quantitative estimate of drug-likeness (QED) is 0.740. The van der Waals surface area contributed by atoms with Gasteiger partial charge in [-0.1, -0.05) is 6.07 Å². The molecular formula is C12H18N2S. The molecule has 0 aliphatic carbocycles. The zero-order chi connectivity index (χ0) is 10.8. The van der Waals surface area contributed by atoms with Gasteiger partial charge < -0.3 is 10.6 Å². The molecule has 1 atom stereocenters. The van der Waals surface area contributed by atoms with Crippen LogP contribution in [0.4, 0.5) is 11.4 Å². The summed E-state index contributed by atoms with van der Waals surface area (Å²) in [6, 6.07) is 6.80.